The lowest BCUT2D eigenvalue weighted by Crippen LogP contribution is -2.54. The number of barbiturate groups is 1. The number of urea groups is 1. The highest BCUT2D eigenvalue weighted by Crippen LogP contribution is 2.31. The zero-order valence-electron chi connectivity index (χ0n) is 18.8. The largest absolute Gasteiger partial charge is 0.493 e. The number of rotatable bonds is 6. The minimum Gasteiger partial charge on any atom is -0.493 e. The van der Waals surface area contributed by atoms with Crippen LogP contribution in [0.3, 0.4) is 0 Å². The molecule has 1 heterocycles. The summed E-state index contributed by atoms with van der Waals surface area (Å²) in [6.07, 6.45) is 1.40. The highest BCUT2D eigenvalue weighted by Gasteiger charge is 2.37. The second kappa shape index (κ2) is 10.3. The van der Waals surface area contributed by atoms with Gasteiger partial charge >= 0.3 is 6.03 Å². The molecule has 0 spiro atoms. The monoisotopic (exact) mass is 554 g/mol. The van der Waals surface area contributed by atoms with Crippen LogP contribution in [0.25, 0.3) is 6.08 Å². The summed E-state index contributed by atoms with van der Waals surface area (Å²) in [6.45, 7) is 2.14. The van der Waals surface area contributed by atoms with Crippen LogP contribution in [0.15, 0.2) is 70.7 Å². The van der Waals surface area contributed by atoms with Crippen LogP contribution in [0.1, 0.15) is 16.7 Å². The normalized spacial score (nSPS) is 14.8. The maximum absolute atomic E-state index is 13.1. The molecule has 1 N–H and O–H groups in total. The first-order valence-electron chi connectivity index (χ1n) is 10.5. The molecule has 1 fully saturated rings. The molecule has 178 valence electrons. The molecule has 3 aromatic rings. The fourth-order valence-corrected chi connectivity index (χ4v) is 3.85. The Morgan fingerprint density at radius 3 is 2.43 bits per heavy atom. The molecule has 4 amide bonds. The minimum absolute atomic E-state index is 0.202. The quantitative estimate of drug-likeness (QED) is 0.313. The number of methoxy groups -OCH3 is 1. The molecule has 3 aromatic carbocycles. The second-order valence-electron chi connectivity index (χ2n) is 7.72. The fourth-order valence-electron chi connectivity index (χ4n) is 3.41. The summed E-state index contributed by atoms with van der Waals surface area (Å²) in [5.41, 5.74) is 2.35. The van der Waals surface area contributed by atoms with Crippen LogP contribution in [0.2, 0.25) is 5.02 Å². The maximum Gasteiger partial charge on any atom is 0.335 e. The number of anilines is 1. The van der Waals surface area contributed by atoms with Crippen LogP contribution in [0.4, 0.5) is 10.5 Å². The number of aryl methyl sites for hydroxylation is 1. The van der Waals surface area contributed by atoms with E-state index in [9.17, 15) is 14.4 Å². The van der Waals surface area contributed by atoms with Crippen molar-refractivity contribution in [3.8, 4) is 11.5 Å². The number of amides is 4. The van der Waals surface area contributed by atoms with Crippen molar-refractivity contribution in [2.75, 3.05) is 12.0 Å². The van der Waals surface area contributed by atoms with Crippen molar-refractivity contribution in [2.24, 2.45) is 0 Å². The van der Waals surface area contributed by atoms with Gasteiger partial charge in [-0.1, -0.05) is 51.8 Å². The van der Waals surface area contributed by atoms with Gasteiger partial charge in [-0.15, -0.1) is 0 Å². The summed E-state index contributed by atoms with van der Waals surface area (Å²) < 4.78 is 12.3. The Bertz CT molecular complexity index is 1350. The van der Waals surface area contributed by atoms with E-state index in [1.165, 1.54) is 19.3 Å². The standard InChI is InChI=1S/C26H20BrClN2O5/c1-15-3-9-19(13-21(15)28)30-25(32)20(24(31)29-26(30)33)11-17-6-10-22(23(12-17)34-2)35-14-16-4-7-18(27)8-5-16/h3-13H,14H2,1-2H3,(H,29,31,33)/b20-11-. The molecule has 0 atom stereocenters. The zero-order chi connectivity index (χ0) is 25.1. The minimum atomic E-state index is -0.841. The third-order valence-electron chi connectivity index (χ3n) is 5.32. The van der Waals surface area contributed by atoms with Gasteiger partial charge in [0.05, 0.1) is 12.8 Å². The number of imide groups is 2. The van der Waals surface area contributed by atoms with Gasteiger partial charge in [0.25, 0.3) is 11.8 Å². The van der Waals surface area contributed by atoms with E-state index >= 15 is 0 Å². The zero-order valence-corrected chi connectivity index (χ0v) is 21.1. The number of hydrogen-bond acceptors (Lipinski definition) is 5. The van der Waals surface area contributed by atoms with E-state index in [1.807, 2.05) is 24.3 Å². The predicted molar refractivity (Wildman–Crippen MR) is 137 cm³/mol. The van der Waals surface area contributed by atoms with Crippen molar-refractivity contribution in [2.45, 2.75) is 13.5 Å². The van der Waals surface area contributed by atoms with Crippen molar-refractivity contribution < 1.29 is 23.9 Å². The number of nitrogens with one attached hydrogen (secondary N) is 1. The summed E-state index contributed by atoms with van der Waals surface area (Å²) in [4.78, 5) is 38.9. The van der Waals surface area contributed by atoms with Gasteiger partial charge in [0, 0.05) is 9.50 Å². The first-order valence-corrected chi connectivity index (χ1v) is 11.7. The van der Waals surface area contributed by atoms with Crippen LogP contribution in [-0.4, -0.2) is 25.0 Å². The fraction of sp³-hybridized carbons (Fsp3) is 0.115. The number of ether oxygens (including phenoxy) is 2. The molecule has 1 aliphatic rings. The molecule has 1 saturated heterocycles. The van der Waals surface area contributed by atoms with Crippen molar-refractivity contribution in [3.63, 3.8) is 0 Å². The Morgan fingerprint density at radius 2 is 1.74 bits per heavy atom. The van der Waals surface area contributed by atoms with Crippen LogP contribution in [0.5, 0.6) is 11.5 Å². The van der Waals surface area contributed by atoms with Crippen LogP contribution in [-0.2, 0) is 16.2 Å². The van der Waals surface area contributed by atoms with Gasteiger partial charge in [0.15, 0.2) is 11.5 Å². The lowest BCUT2D eigenvalue weighted by atomic mass is 10.1. The highest BCUT2D eigenvalue weighted by atomic mass is 79.9. The SMILES string of the molecule is COc1cc(/C=C2/C(=O)NC(=O)N(c3ccc(C)c(Cl)c3)C2=O)ccc1OCc1ccc(Br)cc1. The summed E-state index contributed by atoms with van der Waals surface area (Å²) in [5, 5.41) is 2.60. The number of hydrogen-bond donors (Lipinski definition) is 1. The first-order chi connectivity index (χ1) is 16.8. The van der Waals surface area contributed by atoms with E-state index in [-0.39, 0.29) is 11.3 Å². The van der Waals surface area contributed by atoms with Gasteiger partial charge in [0.1, 0.15) is 12.2 Å². The van der Waals surface area contributed by atoms with E-state index in [1.54, 1.807) is 37.3 Å². The molecule has 9 heteroatoms. The third kappa shape index (κ3) is 5.39. The van der Waals surface area contributed by atoms with E-state index in [0.29, 0.717) is 28.7 Å². The van der Waals surface area contributed by atoms with Gasteiger partial charge in [0.2, 0.25) is 0 Å². The smallest absolute Gasteiger partial charge is 0.335 e. The highest BCUT2D eigenvalue weighted by molar-refractivity contribution is 9.10. The van der Waals surface area contributed by atoms with Crippen molar-refractivity contribution in [1.82, 2.24) is 5.32 Å². The van der Waals surface area contributed by atoms with E-state index in [2.05, 4.69) is 21.2 Å². The van der Waals surface area contributed by atoms with Crippen LogP contribution >= 0.6 is 27.5 Å². The van der Waals surface area contributed by atoms with E-state index in [4.69, 9.17) is 21.1 Å². The van der Waals surface area contributed by atoms with Crippen LogP contribution in [0, 0.1) is 6.92 Å². The number of benzene rings is 3. The number of carbonyl (C=O) groups excluding carboxylic acids is 3. The Morgan fingerprint density at radius 1 is 1.00 bits per heavy atom. The Kier molecular flexibility index (Phi) is 7.23. The third-order valence-corrected chi connectivity index (χ3v) is 6.26. The lowest BCUT2D eigenvalue weighted by Gasteiger charge is -2.26. The average Bonchev–Trinajstić information content (AvgIpc) is 2.83. The maximum atomic E-state index is 13.1. The number of halogens is 2. The van der Waals surface area contributed by atoms with Crippen molar-refractivity contribution >= 4 is 57.1 Å². The molecule has 0 aromatic heterocycles. The van der Waals surface area contributed by atoms with Gasteiger partial charge in [-0.05, 0) is 66.1 Å². The molecule has 1 aliphatic heterocycles. The molecule has 0 radical (unpaired) electrons. The number of carbonyl (C=O) groups is 3. The van der Waals surface area contributed by atoms with Gasteiger partial charge in [-0.25, -0.2) is 9.69 Å². The molecule has 0 bridgehead atoms. The molecule has 7 nitrogen and oxygen atoms in total. The van der Waals surface area contributed by atoms with Crippen molar-refractivity contribution in [1.29, 1.82) is 0 Å². The van der Waals surface area contributed by atoms with E-state index in [0.717, 1.165) is 20.5 Å². The Labute approximate surface area is 215 Å². The summed E-state index contributed by atoms with van der Waals surface area (Å²) in [6, 6.07) is 16.7. The van der Waals surface area contributed by atoms with Gasteiger partial charge in [-0.3, -0.25) is 14.9 Å². The molecule has 0 unspecified atom stereocenters. The predicted octanol–water partition coefficient (Wildman–Crippen LogP) is 5.66. The van der Waals surface area contributed by atoms with E-state index < -0.39 is 17.8 Å². The molecular formula is C26H20BrClN2O5. The summed E-state index contributed by atoms with van der Waals surface area (Å²) in [5.74, 6) is -0.612. The molecule has 0 aliphatic carbocycles. The van der Waals surface area contributed by atoms with Gasteiger partial charge < -0.3 is 9.47 Å². The second-order valence-corrected chi connectivity index (χ2v) is 9.04. The topological polar surface area (TPSA) is 84.9 Å². The van der Waals surface area contributed by atoms with Gasteiger partial charge in [-0.2, -0.15) is 0 Å². The molecule has 4 rings (SSSR count). The summed E-state index contributed by atoms with van der Waals surface area (Å²) in [7, 11) is 1.50. The first kappa shape index (κ1) is 24.5. The average molecular weight is 556 g/mol. The number of nitrogens with zero attached hydrogens (tertiary/aromatic N) is 1. The molecule has 0 saturated carbocycles. The summed E-state index contributed by atoms with van der Waals surface area (Å²) >= 11 is 9.57. The lowest BCUT2D eigenvalue weighted by molar-refractivity contribution is -0.122. The Hall–Kier alpha value is -3.62. The Balaban J connectivity index is 1.59. The van der Waals surface area contributed by atoms with Crippen molar-refractivity contribution in [3.05, 3.63) is 92.4 Å². The molecular weight excluding hydrogens is 536 g/mol. The van der Waals surface area contributed by atoms with Crippen LogP contribution < -0.4 is 19.7 Å². The molecule has 35 heavy (non-hydrogen) atoms.